The molecular weight excluding hydrogens is 455 g/mol. The zero-order chi connectivity index (χ0) is 24.9. The van der Waals surface area contributed by atoms with Crippen LogP contribution in [0.5, 0.6) is 11.5 Å². The highest BCUT2D eigenvalue weighted by molar-refractivity contribution is 6.46. The number of ketones is 1. The smallest absolute Gasteiger partial charge is 0.295 e. The summed E-state index contributed by atoms with van der Waals surface area (Å²) in [7, 11) is 2.98. The van der Waals surface area contributed by atoms with E-state index < -0.39 is 23.5 Å². The number of amides is 1. The number of rotatable bonds is 8. The molecule has 2 aliphatic rings. The molecule has 1 amide bonds. The molecule has 1 unspecified atom stereocenters. The number of halogens is 1. The quantitative estimate of drug-likeness (QED) is 0.350. The molecule has 1 N–H and O–H groups in total. The van der Waals surface area contributed by atoms with Crippen LogP contribution in [0.25, 0.3) is 5.76 Å². The summed E-state index contributed by atoms with van der Waals surface area (Å²) in [5.74, 6) is -1.54. The van der Waals surface area contributed by atoms with E-state index in [1.165, 1.54) is 43.4 Å². The number of aliphatic hydroxyl groups is 1. The van der Waals surface area contributed by atoms with Crippen LogP contribution >= 0.6 is 0 Å². The SMILES string of the molecule is COc1cccc(C2/C(=C(/O)c3ccc(F)cc3)C(=O)C(=O)N2CCCN2CCOCC2)c1OC. The molecule has 1 atom stereocenters. The summed E-state index contributed by atoms with van der Waals surface area (Å²) >= 11 is 0. The number of ether oxygens (including phenoxy) is 3. The molecule has 9 heteroatoms. The molecule has 8 nitrogen and oxygen atoms in total. The van der Waals surface area contributed by atoms with Crippen LogP contribution in [-0.4, -0.2) is 80.2 Å². The lowest BCUT2D eigenvalue weighted by atomic mass is 9.94. The number of carbonyl (C=O) groups is 2. The molecular formula is C26H29FN2O6. The summed E-state index contributed by atoms with van der Waals surface area (Å²) in [6.45, 7) is 4.01. The van der Waals surface area contributed by atoms with Gasteiger partial charge in [-0.2, -0.15) is 0 Å². The Hall–Kier alpha value is -3.43. The van der Waals surface area contributed by atoms with Crippen LogP contribution in [0.3, 0.4) is 0 Å². The first-order valence-electron chi connectivity index (χ1n) is 11.5. The summed E-state index contributed by atoms with van der Waals surface area (Å²) in [6.07, 6.45) is 0.631. The predicted molar refractivity (Wildman–Crippen MR) is 127 cm³/mol. The topological polar surface area (TPSA) is 88.5 Å². The number of methoxy groups -OCH3 is 2. The van der Waals surface area contributed by atoms with Gasteiger partial charge >= 0.3 is 0 Å². The molecule has 0 radical (unpaired) electrons. The van der Waals surface area contributed by atoms with Crippen LogP contribution in [0.1, 0.15) is 23.6 Å². The number of nitrogens with zero attached hydrogens (tertiary/aromatic N) is 2. The van der Waals surface area contributed by atoms with Crippen molar-refractivity contribution in [2.45, 2.75) is 12.5 Å². The lowest BCUT2D eigenvalue weighted by Crippen LogP contribution is -2.39. The van der Waals surface area contributed by atoms with Crippen molar-refractivity contribution in [1.82, 2.24) is 9.80 Å². The number of morpholine rings is 1. The first kappa shape index (κ1) is 24.7. The standard InChI is InChI=1S/C26H29FN2O6/c1-33-20-6-3-5-19(25(20)34-2)22-21(23(30)17-7-9-18(27)10-8-17)24(31)26(32)29(22)12-4-11-28-13-15-35-16-14-28/h3,5-10,22,30H,4,11-16H2,1-2H3/b23-21-. The maximum Gasteiger partial charge on any atom is 0.295 e. The van der Waals surface area contributed by atoms with Gasteiger partial charge in [0.2, 0.25) is 0 Å². The minimum absolute atomic E-state index is 0.0699. The predicted octanol–water partition coefficient (Wildman–Crippen LogP) is 2.99. The molecule has 0 saturated carbocycles. The highest BCUT2D eigenvalue weighted by Crippen LogP contribution is 2.45. The zero-order valence-corrected chi connectivity index (χ0v) is 19.8. The molecule has 2 aromatic carbocycles. The average Bonchev–Trinajstić information content (AvgIpc) is 3.13. The van der Waals surface area contributed by atoms with Crippen LogP contribution in [-0.2, 0) is 14.3 Å². The van der Waals surface area contributed by atoms with Crippen molar-refractivity contribution in [2.75, 3.05) is 53.6 Å². The van der Waals surface area contributed by atoms with Gasteiger partial charge in [-0.1, -0.05) is 12.1 Å². The maximum absolute atomic E-state index is 13.5. The van der Waals surface area contributed by atoms with Crippen LogP contribution in [0.15, 0.2) is 48.0 Å². The molecule has 2 aliphatic heterocycles. The van der Waals surface area contributed by atoms with E-state index in [0.29, 0.717) is 43.2 Å². The van der Waals surface area contributed by atoms with E-state index in [9.17, 15) is 19.1 Å². The van der Waals surface area contributed by atoms with Gasteiger partial charge in [0.05, 0.1) is 39.0 Å². The normalized spacial score (nSPS) is 20.3. The number of para-hydroxylation sites is 1. The molecule has 2 saturated heterocycles. The highest BCUT2D eigenvalue weighted by Gasteiger charge is 2.47. The summed E-state index contributed by atoms with van der Waals surface area (Å²) < 4.78 is 29.9. The van der Waals surface area contributed by atoms with Gasteiger partial charge in [-0.3, -0.25) is 14.5 Å². The second-order valence-electron chi connectivity index (χ2n) is 8.39. The van der Waals surface area contributed by atoms with Crippen molar-refractivity contribution in [3.05, 3.63) is 65.0 Å². The maximum atomic E-state index is 13.5. The van der Waals surface area contributed by atoms with Gasteiger partial charge < -0.3 is 24.2 Å². The van der Waals surface area contributed by atoms with Crippen LogP contribution in [0, 0.1) is 5.82 Å². The van der Waals surface area contributed by atoms with Crippen molar-refractivity contribution >= 4 is 17.4 Å². The van der Waals surface area contributed by atoms with Crippen molar-refractivity contribution in [1.29, 1.82) is 0 Å². The number of aliphatic hydroxyl groups excluding tert-OH is 1. The molecule has 4 rings (SSSR count). The third-order valence-electron chi connectivity index (χ3n) is 6.36. The van der Waals surface area contributed by atoms with E-state index in [1.807, 2.05) is 0 Å². The van der Waals surface area contributed by atoms with Gasteiger partial charge in [0.25, 0.3) is 11.7 Å². The Morgan fingerprint density at radius 1 is 1.06 bits per heavy atom. The Morgan fingerprint density at radius 3 is 2.43 bits per heavy atom. The minimum atomic E-state index is -0.894. The average molecular weight is 485 g/mol. The summed E-state index contributed by atoms with van der Waals surface area (Å²) in [5, 5.41) is 11.1. The molecule has 2 fully saturated rings. The van der Waals surface area contributed by atoms with Crippen LogP contribution in [0.2, 0.25) is 0 Å². The molecule has 35 heavy (non-hydrogen) atoms. The van der Waals surface area contributed by atoms with Gasteiger partial charge in [-0.05, 0) is 36.8 Å². The number of Topliss-reactive ketones (excluding diaryl/α,β-unsaturated/α-hetero) is 1. The molecule has 0 aliphatic carbocycles. The Kier molecular flexibility index (Phi) is 7.67. The van der Waals surface area contributed by atoms with Crippen molar-refractivity contribution in [2.24, 2.45) is 0 Å². The minimum Gasteiger partial charge on any atom is -0.507 e. The monoisotopic (exact) mass is 484 g/mol. The van der Waals surface area contributed by atoms with E-state index >= 15 is 0 Å². The molecule has 2 aromatic rings. The second kappa shape index (κ2) is 10.9. The number of carbonyl (C=O) groups excluding carboxylic acids is 2. The van der Waals surface area contributed by atoms with E-state index in [1.54, 1.807) is 18.2 Å². The van der Waals surface area contributed by atoms with Gasteiger partial charge in [-0.25, -0.2) is 4.39 Å². The van der Waals surface area contributed by atoms with Gasteiger partial charge in [0.15, 0.2) is 11.5 Å². The Balaban J connectivity index is 1.75. The molecule has 0 bridgehead atoms. The Labute approximate surface area is 203 Å². The largest absolute Gasteiger partial charge is 0.507 e. The van der Waals surface area contributed by atoms with Crippen LogP contribution < -0.4 is 9.47 Å². The van der Waals surface area contributed by atoms with E-state index in [4.69, 9.17) is 14.2 Å². The fourth-order valence-electron chi connectivity index (χ4n) is 4.61. The van der Waals surface area contributed by atoms with Crippen molar-refractivity contribution in [3.8, 4) is 11.5 Å². The van der Waals surface area contributed by atoms with Crippen molar-refractivity contribution in [3.63, 3.8) is 0 Å². The van der Waals surface area contributed by atoms with E-state index in [2.05, 4.69) is 4.90 Å². The zero-order valence-electron chi connectivity index (χ0n) is 19.8. The molecule has 2 heterocycles. The van der Waals surface area contributed by atoms with Gasteiger partial charge in [-0.15, -0.1) is 0 Å². The lowest BCUT2D eigenvalue weighted by Gasteiger charge is -2.29. The molecule has 186 valence electrons. The van der Waals surface area contributed by atoms with E-state index in [0.717, 1.165) is 19.6 Å². The summed E-state index contributed by atoms with van der Waals surface area (Å²) in [6, 6.07) is 9.42. The fourth-order valence-corrected chi connectivity index (χ4v) is 4.61. The number of hydrogen-bond donors (Lipinski definition) is 1. The number of hydrogen-bond acceptors (Lipinski definition) is 7. The van der Waals surface area contributed by atoms with Gasteiger partial charge in [0.1, 0.15) is 11.6 Å². The summed E-state index contributed by atoms with van der Waals surface area (Å²) in [5.41, 5.74) is 0.685. The number of likely N-dealkylation sites (tertiary alicyclic amines) is 1. The Morgan fingerprint density at radius 2 is 1.77 bits per heavy atom. The molecule has 0 spiro atoms. The Bertz CT molecular complexity index is 1110. The first-order valence-corrected chi connectivity index (χ1v) is 11.5. The highest BCUT2D eigenvalue weighted by atomic mass is 19.1. The fraction of sp³-hybridized carbons (Fsp3) is 0.385. The van der Waals surface area contributed by atoms with Gasteiger partial charge in [0, 0.05) is 37.3 Å². The molecule has 0 aromatic heterocycles. The summed E-state index contributed by atoms with van der Waals surface area (Å²) in [4.78, 5) is 30.1. The van der Waals surface area contributed by atoms with Crippen LogP contribution in [0.4, 0.5) is 4.39 Å². The third-order valence-corrected chi connectivity index (χ3v) is 6.36. The third kappa shape index (κ3) is 5.01. The first-order chi connectivity index (χ1) is 17.0. The second-order valence-corrected chi connectivity index (χ2v) is 8.39. The van der Waals surface area contributed by atoms with E-state index in [-0.39, 0.29) is 16.9 Å². The number of benzene rings is 2. The lowest BCUT2D eigenvalue weighted by molar-refractivity contribution is -0.140. The van der Waals surface area contributed by atoms with Crippen molar-refractivity contribution < 1.29 is 33.3 Å².